The lowest BCUT2D eigenvalue weighted by molar-refractivity contribution is -0.0609. The highest BCUT2D eigenvalue weighted by molar-refractivity contribution is 5.95. The van der Waals surface area contributed by atoms with Crippen LogP contribution in [0.3, 0.4) is 0 Å². The molecule has 1 amide bonds. The average molecular weight is 316 g/mol. The number of likely N-dealkylation sites (tertiary alicyclic amines) is 1. The molecule has 0 radical (unpaired) electrons. The number of hydrogen-bond donors (Lipinski definition) is 1. The third-order valence-corrected chi connectivity index (χ3v) is 5.82. The topological polar surface area (TPSA) is 43.8 Å². The molecule has 3 rings (SSSR count). The van der Waals surface area contributed by atoms with Crippen LogP contribution in [0.1, 0.15) is 43.0 Å². The van der Waals surface area contributed by atoms with Gasteiger partial charge >= 0.3 is 0 Å². The molecule has 0 spiro atoms. The van der Waals surface area contributed by atoms with E-state index < -0.39 is 5.60 Å². The summed E-state index contributed by atoms with van der Waals surface area (Å²) in [4.78, 5) is 16.9. The molecule has 1 N–H and O–H groups in total. The van der Waals surface area contributed by atoms with E-state index in [0.717, 1.165) is 43.5 Å². The van der Waals surface area contributed by atoms with E-state index in [1.807, 2.05) is 48.2 Å². The van der Waals surface area contributed by atoms with Crippen LogP contribution < -0.4 is 4.90 Å². The van der Waals surface area contributed by atoms with Crippen LogP contribution in [0, 0.1) is 11.8 Å². The molecule has 1 aliphatic heterocycles. The molecule has 3 atom stereocenters. The van der Waals surface area contributed by atoms with E-state index in [2.05, 4.69) is 6.92 Å². The lowest BCUT2D eigenvalue weighted by Crippen LogP contribution is -2.44. The van der Waals surface area contributed by atoms with Crippen molar-refractivity contribution in [1.82, 2.24) is 4.90 Å². The molecule has 4 heteroatoms. The molecule has 0 unspecified atom stereocenters. The predicted octanol–water partition coefficient (Wildman–Crippen LogP) is 2.77. The maximum Gasteiger partial charge on any atom is 0.253 e. The molecule has 4 nitrogen and oxygen atoms in total. The Labute approximate surface area is 139 Å². The first-order valence-corrected chi connectivity index (χ1v) is 8.73. The van der Waals surface area contributed by atoms with Crippen LogP contribution in [-0.2, 0) is 0 Å². The molecule has 1 aromatic rings. The molecule has 0 aromatic heterocycles. The van der Waals surface area contributed by atoms with Crippen LogP contribution in [-0.4, -0.2) is 48.7 Å². The standard InChI is InChI=1S/C19H28N2O2/c1-4-19(23)10-6-8-15-12-21(13-17(15)19)18(22)14-7-5-9-16(11-14)20(2)3/h5,7,9,11,15,17,23H,4,6,8,10,12-13H2,1-3H3/t15-,17+,19-/m0/s1. The fourth-order valence-electron chi connectivity index (χ4n) is 4.33. The van der Waals surface area contributed by atoms with Gasteiger partial charge in [-0.1, -0.05) is 19.4 Å². The second-order valence-electron chi connectivity index (χ2n) is 7.37. The zero-order valence-corrected chi connectivity index (χ0v) is 14.5. The van der Waals surface area contributed by atoms with Gasteiger partial charge in [0.1, 0.15) is 0 Å². The van der Waals surface area contributed by atoms with Crippen molar-refractivity contribution >= 4 is 11.6 Å². The molecule has 2 fully saturated rings. The van der Waals surface area contributed by atoms with E-state index in [1.54, 1.807) is 0 Å². The zero-order chi connectivity index (χ0) is 16.6. The van der Waals surface area contributed by atoms with Crippen LogP contribution in [0.15, 0.2) is 24.3 Å². The van der Waals surface area contributed by atoms with Gasteiger partial charge < -0.3 is 14.9 Å². The zero-order valence-electron chi connectivity index (χ0n) is 14.5. The Morgan fingerprint density at radius 1 is 1.39 bits per heavy atom. The minimum Gasteiger partial charge on any atom is -0.390 e. The second kappa shape index (κ2) is 6.16. The molecule has 1 aliphatic carbocycles. The SMILES string of the molecule is CC[C@]1(O)CCC[C@H]2CN(C(=O)c3cccc(N(C)C)c3)C[C@H]21. The molecular formula is C19H28N2O2. The van der Waals surface area contributed by atoms with Gasteiger partial charge in [0.2, 0.25) is 0 Å². The molecule has 1 aromatic carbocycles. The Morgan fingerprint density at radius 2 is 2.17 bits per heavy atom. The van der Waals surface area contributed by atoms with Crippen molar-refractivity contribution in [3.63, 3.8) is 0 Å². The van der Waals surface area contributed by atoms with Crippen LogP contribution in [0.5, 0.6) is 0 Å². The van der Waals surface area contributed by atoms with Crippen molar-refractivity contribution in [1.29, 1.82) is 0 Å². The van der Waals surface area contributed by atoms with E-state index in [0.29, 0.717) is 12.5 Å². The van der Waals surface area contributed by atoms with Gasteiger partial charge in [-0.3, -0.25) is 4.79 Å². The van der Waals surface area contributed by atoms with Gasteiger partial charge in [-0.05, 0) is 43.4 Å². The minimum absolute atomic E-state index is 0.0987. The average Bonchev–Trinajstić information content (AvgIpc) is 3.00. The molecule has 1 saturated heterocycles. The summed E-state index contributed by atoms with van der Waals surface area (Å²) in [5, 5.41) is 10.9. The lowest BCUT2D eigenvalue weighted by Gasteiger charge is -2.40. The van der Waals surface area contributed by atoms with E-state index in [4.69, 9.17) is 0 Å². The summed E-state index contributed by atoms with van der Waals surface area (Å²) in [5.41, 5.74) is 1.20. The Balaban J connectivity index is 1.78. The smallest absolute Gasteiger partial charge is 0.253 e. The Morgan fingerprint density at radius 3 is 2.87 bits per heavy atom. The van der Waals surface area contributed by atoms with Crippen molar-refractivity contribution in [2.45, 2.75) is 38.2 Å². The van der Waals surface area contributed by atoms with Crippen LogP contribution >= 0.6 is 0 Å². The number of hydrogen-bond acceptors (Lipinski definition) is 3. The van der Waals surface area contributed by atoms with Crippen molar-refractivity contribution in [2.24, 2.45) is 11.8 Å². The Kier molecular flexibility index (Phi) is 4.37. The van der Waals surface area contributed by atoms with Crippen molar-refractivity contribution < 1.29 is 9.90 Å². The quantitative estimate of drug-likeness (QED) is 0.932. The number of carbonyl (C=O) groups excluding carboxylic acids is 1. The number of carbonyl (C=O) groups is 1. The van der Waals surface area contributed by atoms with Gasteiger partial charge in [0.15, 0.2) is 0 Å². The number of fused-ring (bicyclic) bond motifs is 1. The molecule has 2 aliphatic rings. The first kappa shape index (κ1) is 16.3. The summed E-state index contributed by atoms with van der Waals surface area (Å²) < 4.78 is 0. The van der Waals surface area contributed by atoms with Crippen molar-refractivity contribution in [3.05, 3.63) is 29.8 Å². The fourth-order valence-corrected chi connectivity index (χ4v) is 4.33. The molecule has 23 heavy (non-hydrogen) atoms. The molecule has 1 heterocycles. The van der Waals surface area contributed by atoms with Gasteiger partial charge in [-0.15, -0.1) is 0 Å². The third-order valence-electron chi connectivity index (χ3n) is 5.82. The normalized spacial score (nSPS) is 30.2. The van der Waals surface area contributed by atoms with E-state index in [1.165, 1.54) is 0 Å². The summed E-state index contributed by atoms with van der Waals surface area (Å²) in [6, 6.07) is 7.80. The van der Waals surface area contributed by atoms with E-state index >= 15 is 0 Å². The Hall–Kier alpha value is -1.55. The first-order chi connectivity index (χ1) is 10.9. The second-order valence-corrected chi connectivity index (χ2v) is 7.37. The van der Waals surface area contributed by atoms with Crippen molar-refractivity contribution in [3.8, 4) is 0 Å². The highest BCUT2D eigenvalue weighted by Crippen LogP contribution is 2.44. The van der Waals surface area contributed by atoms with Crippen LogP contribution in [0.4, 0.5) is 5.69 Å². The third kappa shape index (κ3) is 2.97. The summed E-state index contributed by atoms with van der Waals surface area (Å²) in [6.45, 7) is 3.55. The van der Waals surface area contributed by atoms with Crippen molar-refractivity contribution in [2.75, 3.05) is 32.1 Å². The first-order valence-electron chi connectivity index (χ1n) is 8.73. The minimum atomic E-state index is -0.580. The van der Waals surface area contributed by atoms with E-state index in [9.17, 15) is 9.90 Å². The summed E-state index contributed by atoms with van der Waals surface area (Å²) in [7, 11) is 3.96. The summed E-state index contributed by atoms with van der Waals surface area (Å²) in [6.07, 6.45) is 3.87. The maximum atomic E-state index is 12.9. The molecule has 126 valence electrons. The summed E-state index contributed by atoms with van der Waals surface area (Å²) in [5.74, 6) is 0.790. The van der Waals surface area contributed by atoms with Crippen LogP contribution in [0.25, 0.3) is 0 Å². The largest absolute Gasteiger partial charge is 0.390 e. The van der Waals surface area contributed by atoms with E-state index in [-0.39, 0.29) is 11.8 Å². The molecule has 1 saturated carbocycles. The monoisotopic (exact) mass is 316 g/mol. The molecular weight excluding hydrogens is 288 g/mol. The molecule has 0 bridgehead atoms. The lowest BCUT2D eigenvalue weighted by atomic mass is 9.69. The Bertz CT molecular complexity index is 586. The predicted molar refractivity (Wildman–Crippen MR) is 92.7 cm³/mol. The number of aliphatic hydroxyl groups is 1. The number of nitrogens with zero attached hydrogens (tertiary/aromatic N) is 2. The maximum absolute atomic E-state index is 12.9. The van der Waals surface area contributed by atoms with Gasteiger partial charge in [-0.2, -0.15) is 0 Å². The van der Waals surface area contributed by atoms with Gasteiger partial charge in [-0.25, -0.2) is 0 Å². The number of amides is 1. The number of benzene rings is 1. The van der Waals surface area contributed by atoms with Gasteiger partial charge in [0.05, 0.1) is 5.60 Å². The number of rotatable bonds is 3. The van der Waals surface area contributed by atoms with Gasteiger partial charge in [0.25, 0.3) is 5.91 Å². The number of anilines is 1. The summed E-state index contributed by atoms with van der Waals surface area (Å²) >= 11 is 0. The van der Waals surface area contributed by atoms with Gasteiger partial charge in [0, 0.05) is 44.4 Å². The van der Waals surface area contributed by atoms with Crippen LogP contribution in [0.2, 0.25) is 0 Å². The highest BCUT2D eigenvalue weighted by atomic mass is 16.3. The fraction of sp³-hybridized carbons (Fsp3) is 0.632. The highest BCUT2D eigenvalue weighted by Gasteiger charge is 2.48.